The fraction of sp³-hybridized carbons (Fsp3) is 0.714. The van der Waals surface area contributed by atoms with Gasteiger partial charge in [-0.1, -0.05) is 0 Å². The molecule has 0 unspecified atom stereocenters. The van der Waals surface area contributed by atoms with E-state index in [1.807, 2.05) is 4.90 Å². The van der Waals surface area contributed by atoms with Gasteiger partial charge in [-0.15, -0.1) is 0 Å². The zero-order valence-electron chi connectivity index (χ0n) is 16.9. The van der Waals surface area contributed by atoms with Crippen molar-refractivity contribution in [1.29, 1.82) is 0 Å². The van der Waals surface area contributed by atoms with Crippen LogP contribution in [0, 0.1) is 18.8 Å². The summed E-state index contributed by atoms with van der Waals surface area (Å²) < 4.78 is 5.77. The molecule has 2 aliphatic heterocycles. The zero-order valence-corrected chi connectivity index (χ0v) is 16.9. The van der Waals surface area contributed by atoms with Crippen LogP contribution in [0.3, 0.4) is 0 Å². The molecule has 2 atom stereocenters. The van der Waals surface area contributed by atoms with Crippen molar-refractivity contribution in [2.24, 2.45) is 11.8 Å². The van der Waals surface area contributed by atoms with E-state index in [2.05, 4.69) is 16.8 Å². The number of hydrogen-bond acceptors (Lipinski definition) is 6. The third kappa shape index (κ3) is 3.63. The van der Waals surface area contributed by atoms with E-state index < -0.39 is 0 Å². The predicted octanol–water partition coefficient (Wildman–Crippen LogP) is 1.03. The quantitative estimate of drug-likeness (QED) is 0.829. The number of hydrogen-bond donors (Lipinski definition) is 1. The van der Waals surface area contributed by atoms with Crippen LogP contribution in [0.25, 0.3) is 0 Å². The average Bonchev–Trinajstić information content (AvgIpc) is 3.24. The van der Waals surface area contributed by atoms with Gasteiger partial charge in [0.25, 0.3) is 5.91 Å². The van der Waals surface area contributed by atoms with Gasteiger partial charge in [0.1, 0.15) is 11.5 Å². The average molecular weight is 389 g/mol. The summed E-state index contributed by atoms with van der Waals surface area (Å²) in [6.07, 6.45) is 1.99. The molecule has 0 radical (unpaired) electrons. The smallest absolute Gasteiger partial charge is 0.258 e. The monoisotopic (exact) mass is 389 g/mol. The maximum atomic E-state index is 13.3. The summed E-state index contributed by atoms with van der Waals surface area (Å²) in [6, 6.07) is 0. The summed E-state index contributed by atoms with van der Waals surface area (Å²) in [5.74, 6) is 1.47. The number of fused-ring (bicyclic) bond motifs is 1. The van der Waals surface area contributed by atoms with Crippen molar-refractivity contribution in [3.63, 3.8) is 0 Å². The Balaban J connectivity index is 1.49. The molecule has 1 aromatic heterocycles. The van der Waals surface area contributed by atoms with Gasteiger partial charge in [0.05, 0.1) is 11.1 Å². The fourth-order valence-corrected chi connectivity index (χ4v) is 4.90. The van der Waals surface area contributed by atoms with E-state index >= 15 is 0 Å². The highest BCUT2D eigenvalue weighted by atomic mass is 16.3. The number of aliphatic hydroxyl groups is 1. The second-order valence-corrected chi connectivity index (χ2v) is 8.62. The first kappa shape index (κ1) is 19.6. The van der Waals surface area contributed by atoms with Crippen LogP contribution in [0.5, 0.6) is 0 Å². The molecule has 7 nitrogen and oxygen atoms in total. The fourth-order valence-electron chi connectivity index (χ4n) is 4.90. The van der Waals surface area contributed by atoms with Crippen molar-refractivity contribution >= 4 is 11.7 Å². The highest BCUT2D eigenvalue weighted by Gasteiger charge is 2.39. The summed E-state index contributed by atoms with van der Waals surface area (Å²) in [5, 5.41) is 9.89. The van der Waals surface area contributed by atoms with Crippen molar-refractivity contribution in [3.8, 4) is 0 Å². The maximum Gasteiger partial charge on any atom is 0.258 e. The molecule has 0 saturated carbocycles. The molecule has 28 heavy (non-hydrogen) atoms. The normalized spacial score (nSPS) is 26.7. The van der Waals surface area contributed by atoms with E-state index in [1.54, 1.807) is 6.92 Å². The molecule has 0 aromatic carbocycles. The minimum absolute atomic E-state index is 0.0216. The standard InChI is InChI=1S/C21H31N3O4/c1-14-19(20-17(26)4-3-5-18(20)28-14)21(27)24-11-15(16(12-24)13-25)10-23-8-6-22(2)7-9-23/h15-16,25H,3-13H2,1-2H3/t15-,16-/m1/s1. The number of piperazine rings is 1. The van der Waals surface area contributed by atoms with Crippen LogP contribution in [0.4, 0.5) is 0 Å². The number of aryl methyl sites for hydroxylation is 2. The number of ketones is 1. The first-order valence-corrected chi connectivity index (χ1v) is 10.4. The third-order valence-electron chi connectivity index (χ3n) is 6.64. The molecule has 2 fully saturated rings. The Labute approximate surface area is 166 Å². The topological polar surface area (TPSA) is 77.2 Å². The van der Waals surface area contributed by atoms with Gasteiger partial charge in [-0.25, -0.2) is 0 Å². The highest BCUT2D eigenvalue weighted by Crippen LogP contribution is 2.33. The van der Waals surface area contributed by atoms with Crippen molar-refractivity contribution in [3.05, 3.63) is 22.6 Å². The van der Waals surface area contributed by atoms with Crippen molar-refractivity contribution < 1.29 is 19.1 Å². The van der Waals surface area contributed by atoms with Crippen molar-refractivity contribution in [1.82, 2.24) is 14.7 Å². The molecule has 4 rings (SSSR count). The SMILES string of the molecule is Cc1oc2c(c1C(=O)N1C[C@@H](CN3CCN(C)CC3)[C@@H](CO)C1)C(=O)CCC2. The second kappa shape index (κ2) is 7.97. The number of nitrogens with zero attached hydrogens (tertiary/aromatic N) is 3. The molecule has 7 heteroatoms. The van der Waals surface area contributed by atoms with E-state index in [0.29, 0.717) is 42.2 Å². The Kier molecular flexibility index (Phi) is 5.58. The van der Waals surface area contributed by atoms with Gasteiger partial charge in [-0.3, -0.25) is 9.59 Å². The Morgan fingerprint density at radius 1 is 1.14 bits per heavy atom. The molecule has 3 aliphatic rings. The Hall–Kier alpha value is -1.70. The predicted molar refractivity (Wildman–Crippen MR) is 105 cm³/mol. The summed E-state index contributed by atoms with van der Waals surface area (Å²) in [5.41, 5.74) is 0.966. The van der Waals surface area contributed by atoms with Crippen LogP contribution in [-0.4, -0.2) is 91.0 Å². The molecule has 1 aliphatic carbocycles. The minimum atomic E-state index is -0.114. The summed E-state index contributed by atoms with van der Waals surface area (Å²) in [7, 11) is 2.14. The second-order valence-electron chi connectivity index (χ2n) is 8.62. The van der Waals surface area contributed by atoms with Crippen molar-refractivity contribution in [2.45, 2.75) is 26.2 Å². The molecule has 1 N–H and O–H groups in total. The van der Waals surface area contributed by atoms with E-state index in [-0.39, 0.29) is 30.1 Å². The van der Waals surface area contributed by atoms with E-state index in [9.17, 15) is 14.7 Å². The molecule has 1 aromatic rings. The number of Topliss-reactive ketones (excluding diaryl/α,β-unsaturated/α-hetero) is 1. The van der Waals surface area contributed by atoms with Crippen LogP contribution in [0.2, 0.25) is 0 Å². The number of furan rings is 1. The van der Waals surface area contributed by atoms with E-state index in [4.69, 9.17) is 4.42 Å². The lowest BCUT2D eigenvalue weighted by atomic mass is 9.93. The molecular weight excluding hydrogens is 358 g/mol. The van der Waals surface area contributed by atoms with E-state index in [0.717, 1.165) is 45.6 Å². The number of aliphatic hydroxyl groups excluding tert-OH is 1. The number of likely N-dealkylation sites (N-methyl/N-ethyl adjacent to an activating group) is 1. The highest BCUT2D eigenvalue weighted by molar-refractivity contribution is 6.10. The van der Waals surface area contributed by atoms with Crippen LogP contribution in [-0.2, 0) is 6.42 Å². The van der Waals surface area contributed by atoms with Gasteiger partial charge in [-0.2, -0.15) is 0 Å². The molecule has 0 spiro atoms. The summed E-state index contributed by atoms with van der Waals surface area (Å²) in [6.45, 7) is 8.12. The number of amides is 1. The number of likely N-dealkylation sites (tertiary alicyclic amines) is 1. The summed E-state index contributed by atoms with van der Waals surface area (Å²) in [4.78, 5) is 32.3. The van der Waals surface area contributed by atoms with Crippen LogP contribution < -0.4 is 0 Å². The molecule has 2 saturated heterocycles. The molecule has 0 bridgehead atoms. The van der Waals surface area contributed by atoms with E-state index in [1.165, 1.54) is 0 Å². The van der Waals surface area contributed by atoms with Crippen molar-refractivity contribution in [2.75, 3.05) is 59.5 Å². The number of carbonyl (C=O) groups is 2. The Morgan fingerprint density at radius 3 is 2.57 bits per heavy atom. The maximum absolute atomic E-state index is 13.3. The Morgan fingerprint density at radius 2 is 1.86 bits per heavy atom. The van der Waals surface area contributed by atoms with Crippen LogP contribution in [0.15, 0.2) is 4.42 Å². The van der Waals surface area contributed by atoms with Gasteiger partial charge < -0.3 is 24.2 Å². The first-order valence-electron chi connectivity index (χ1n) is 10.4. The van der Waals surface area contributed by atoms with Gasteiger partial charge in [0, 0.05) is 71.2 Å². The molecule has 154 valence electrons. The minimum Gasteiger partial charge on any atom is -0.465 e. The first-order chi connectivity index (χ1) is 13.5. The molecular formula is C21H31N3O4. The lowest BCUT2D eigenvalue weighted by Gasteiger charge is -2.34. The van der Waals surface area contributed by atoms with Crippen LogP contribution in [0.1, 0.15) is 45.1 Å². The lowest BCUT2D eigenvalue weighted by Crippen LogP contribution is -2.47. The lowest BCUT2D eigenvalue weighted by molar-refractivity contribution is 0.0769. The van der Waals surface area contributed by atoms with Crippen LogP contribution >= 0.6 is 0 Å². The summed E-state index contributed by atoms with van der Waals surface area (Å²) >= 11 is 0. The Bertz CT molecular complexity index is 751. The largest absolute Gasteiger partial charge is 0.465 e. The van der Waals surface area contributed by atoms with Gasteiger partial charge >= 0.3 is 0 Å². The zero-order chi connectivity index (χ0) is 19.8. The number of rotatable bonds is 4. The van der Waals surface area contributed by atoms with Gasteiger partial charge in [0.15, 0.2) is 5.78 Å². The third-order valence-corrected chi connectivity index (χ3v) is 6.64. The molecule has 3 heterocycles. The van der Waals surface area contributed by atoms with Gasteiger partial charge in [-0.05, 0) is 26.3 Å². The van der Waals surface area contributed by atoms with Gasteiger partial charge in [0.2, 0.25) is 0 Å². The molecule has 1 amide bonds. The number of carbonyl (C=O) groups excluding carboxylic acids is 2.